The molecular formula is C29H33FN8O2. The fourth-order valence-electron chi connectivity index (χ4n) is 5.03. The summed E-state index contributed by atoms with van der Waals surface area (Å²) in [5, 5.41) is 15.9. The molecule has 1 aromatic heterocycles. The Labute approximate surface area is 232 Å². The number of aromatic nitrogens is 2. The predicted molar refractivity (Wildman–Crippen MR) is 155 cm³/mol. The molecule has 0 radical (unpaired) electrons. The highest BCUT2D eigenvalue weighted by Gasteiger charge is 2.25. The summed E-state index contributed by atoms with van der Waals surface area (Å²) in [5.74, 6) is 0.0747. The number of amides is 1. The number of benzene rings is 2. The van der Waals surface area contributed by atoms with E-state index in [9.17, 15) is 14.3 Å². The van der Waals surface area contributed by atoms with Crippen LogP contribution in [-0.2, 0) is 4.79 Å². The Kier molecular flexibility index (Phi) is 8.32. The Morgan fingerprint density at radius 2 is 1.90 bits per heavy atom. The van der Waals surface area contributed by atoms with Gasteiger partial charge in [-0.05, 0) is 43.0 Å². The number of rotatable bonds is 9. The van der Waals surface area contributed by atoms with E-state index < -0.39 is 11.9 Å². The average Bonchev–Trinajstić information content (AvgIpc) is 3.47. The molecule has 0 aliphatic carbocycles. The Balaban J connectivity index is 1.31. The highest BCUT2D eigenvalue weighted by Crippen LogP contribution is 2.33. The molecule has 0 bridgehead atoms. The van der Waals surface area contributed by atoms with Crippen LogP contribution in [0.3, 0.4) is 0 Å². The number of nitrogens with one attached hydrogen (secondary N) is 2. The van der Waals surface area contributed by atoms with Gasteiger partial charge >= 0.3 is 0 Å². The number of aliphatic imine (C=N–C) groups is 1. The lowest BCUT2D eigenvalue weighted by molar-refractivity contribution is -0.110. The lowest BCUT2D eigenvalue weighted by Gasteiger charge is -2.34. The average molecular weight is 545 g/mol. The van der Waals surface area contributed by atoms with E-state index in [2.05, 4.69) is 25.6 Å². The van der Waals surface area contributed by atoms with Gasteiger partial charge in [0.15, 0.2) is 0 Å². The van der Waals surface area contributed by atoms with Crippen molar-refractivity contribution < 1.29 is 14.3 Å². The number of aliphatic hydroxyl groups is 1. The summed E-state index contributed by atoms with van der Waals surface area (Å²) in [6, 6.07) is 15.4. The predicted octanol–water partition coefficient (Wildman–Crippen LogP) is 3.34. The molecule has 11 heteroatoms. The van der Waals surface area contributed by atoms with E-state index >= 15 is 0 Å². The van der Waals surface area contributed by atoms with Gasteiger partial charge in [0.25, 0.3) is 5.91 Å². The summed E-state index contributed by atoms with van der Waals surface area (Å²) in [7, 11) is 0. The molecule has 3 aromatic rings. The third-order valence-corrected chi connectivity index (χ3v) is 7.22. The van der Waals surface area contributed by atoms with Crippen molar-refractivity contribution in [3.8, 4) is 0 Å². The van der Waals surface area contributed by atoms with Crippen molar-refractivity contribution in [2.24, 2.45) is 16.6 Å². The number of anilines is 4. The summed E-state index contributed by atoms with van der Waals surface area (Å²) in [4.78, 5) is 28.2. The molecule has 0 saturated carbocycles. The number of nitrogen functional groups attached to an aromatic ring is 1. The van der Waals surface area contributed by atoms with E-state index in [0.29, 0.717) is 54.1 Å². The molecule has 0 spiro atoms. The molecule has 2 aliphatic heterocycles. The highest BCUT2D eigenvalue weighted by atomic mass is 19.1. The lowest BCUT2D eigenvalue weighted by atomic mass is 9.96. The molecule has 2 aliphatic rings. The minimum absolute atomic E-state index is 0.0292. The minimum Gasteiger partial charge on any atom is -0.394 e. The van der Waals surface area contributed by atoms with Crippen LogP contribution in [0.1, 0.15) is 36.6 Å². The summed E-state index contributed by atoms with van der Waals surface area (Å²) in [6.07, 6.45) is 3.82. The molecule has 1 atom stereocenters. The van der Waals surface area contributed by atoms with Crippen molar-refractivity contribution in [3.05, 3.63) is 77.7 Å². The monoisotopic (exact) mass is 544 g/mol. The number of hydrogen-bond acceptors (Lipinski definition) is 9. The molecule has 0 unspecified atom stereocenters. The van der Waals surface area contributed by atoms with E-state index in [1.807, 2.05) is 35.2 Å². The van der Waals surface area contributed by atoms with E-state index in [0.717, 1.165) is 18.4 Å². The molecule has 5 rings (SSSR count). The SMILES string of the molecule is NCC1CCN(c2c(F)cccc2NC(=O)C2=NC(c3cc(N[C@H](CO)c4ccccc4)nc(N)n3)=CC2)CC1. The number of nitrogens with two attached hydrogens (primary N) is 2. The van der Waals surface area contributed by atoms with Crippen molar-refractivity contribution in [2.45, 2.75) is 25.3 Å². The van der Waals surface area contributed by atoms with E-state index in [1.54, 1.807) is 24.3 Å². The van der Waals surface area contributed by atoms with Crippen LogP contribution in [0.25, 0.3) is 5.70 Å². The Bertz CT molecular complexity index is 1420. The number of piperidine rings is 1. The van der Waals surface area contributed by atoms with Gasteiger partial charge in [-0.25, -0.2) is 14.4 Å². The maximum atomic E-state index is 14.9. The summed E-state index contributed by atoms with van der Waals surface area (Å²) >= 11 is 0. The number of hydrogen-bond donors (Lipinski definition) is 5. The standard InChI is InChI=1S/C29H33FN8O2/c30-20-7-4-8-22(27(20)38-13-11-18(16-31)12-14-38)35-28(40)23-10-9-21(33-23)24-15-26(37-29(32)36-24)34-25(17-39)19-5-2-1-3-6-19/h1-9,15,18,25,39H,10-14,16-17,31H2,(H,35,40)(H3,32,34,36,37)/t25-/m1/s1. The van der Waals surface area contributed by atoms with Gasteiger partial charge in [0.2, 0.25) is 5.95 Å². The van der Waals surface area contributed by atoms with Gasteiger partial charge in [-0.1, -0.05) is 42.5 Å². The second-order valence-electron chi connectivity index (χ2n) is 9.90. The smallest absolute Gasteiger partial charge is 0.270 e. The summed E-state index contributed by atoms with van der Waals surface area (Å²) < 4.78 is 14.9. The Morgan fingerprint density at radius 1 is 1.12 bits per heavy atom. The first kappa shape index (κ1) is 27.2. The number of nitrogens with zero attached hydrogens (tertiary/aromatic N) is 4. The van der Waals surface area contributed by atoms with Crippen LogP contribution in [0.4, 0.5) is 27.5 Å². The second-order valence-corrected chi connectivity index (χ2v) is 9.90. The van der Waals surface area contributed by atoms with E-state index in [4.69, 9.17) is 11.5 Å². The molecule has 1 fully saturated rings. The quantitative estimate of drug-likeness (QED) is 0.275. The summed E-state index contributed by atoms with van der Waals surface area (Å²) in [5.41, 5.74) is 14.7. The third-order valence-electron chi connectivity index (χ3n) is 7.22. The van der Waals surface area contributed by atoms with Crippen LogP contribution in [0.5, 0.6) is 0 Å². The van der Waals surface area contributed by atoms with Gasteiger partial charge in [-0.15, -0.1) is 0 Å². The first-order valence-corrected chi connectivity index (χ1v) is 13.3. The van der Waals surface area contributed by atoms with E-state index in [-0.39, 0.29) is 30.5 Å². The molecule has 40 heavy (non-hydrogen) atoms. The zero-order valence-corrected chi connectivity index (χ0v) is 22.1. The van der Waals surface area contributed by atoms with Gasteiger partial charge in [0.1, 0.15) is 17.3 Å². The molecular weight excluding hydrogens is 511 g/mol. The van der Waals surface area contributed by atoms with Gasteiger partial charge in [0, 0.05) is 25.6 Å². The summed E-state index contributed by atoms with van der Waals surface area (Å²) in [6.45, 7) is 1.81. The topological polar surface area (TPSA) is 155 Å². The van der Waals surface area contributed by atoms with Crippen molar-refractivity contribution in [1.82, 2.24) is 9.97 Å². The van der Waals surface area contributed by atoms with Crippen LogP contribution in [0, 0.1) is 11.7 Å². The fraction of sp³-hybridized carbons (Fsp3) is 0.310. The number of para-hydroxylation sites is 1. The fourth-order valence-corrected chi connectivity index (χ4v) is 5.03. The van der Waals surface area contributed by atoms with Crippen LogP contribution in [0.2, 0.25) is 0 Å². The van der Waals surface area contributed by atoms with Crippen molar-refractivity contribution in [1.29, 1.82) is 0 Å². The number of allylic oxidation sites excluding steroid dienone is 1. The highest BCUT2D eigenvalue weighted by molar-refractivity contribution is 6.45. The zero-order valence-electron chi connectivity index (χ0n) is 22.1. The first-order valence-electron chi connectivity index (χ1n) is 13.3. The van der Waals surface area contributed by atoms with Gasteiger partial charge < -0.3 is 32.1 Å². The van der Waals surface area contributed by atoms with Crippen molar-refractivity contribution in [3.63, 3.8) is 0 Å². The Morgan fingerprint density at radius 3 is 2.62 bits per heavy atom. The molecule has 208 valence electrons. The number of carbonyl (C=O) groups excluding carboxylic acids is 1. The van der Waals surface area contributed by atoms with E-state index in [1.165, 1.54) is 6.07 Å². The third kappa shape index (κ3) is 6.11. The normalized spacial score (nSPS) is 16.3. The molecule has 3 heterocycles. The first-order chi connectivity index (χ1) is 19.4. The molecule has 1 saturated heterocycles. The Hall–Kier alpha value is -4.35. The zero-order chi connectivity index (χ0) is 28.1. The number of halogens is 1. The second kappa shape index (κ2) is 12.2. The van der Waals surface area contributed by atoms with Crippen LogP contribution >= 0.6 is 0 Å². The minimum atomic E-state index is -0.417. The lowest BCUT2D eigenvalue weighted by Crippen LogP contribution is -2.37. The van der Waals surface area contributed by atoms with Crippen LogP contribution in [0.15, 0.2) is 65.7 Å². The molecule has 1 amide bonds. The number of carbonyl (C=O) groups is 1. The molecule has 10 nitrogen and oxygen atoms in total. The van der Waals surface area contributed by atoms with Gasteiger partial charge in [0.05, 0.1) is 35.4 Å². The molecule has 2 aromatic carbocycles. The largest absolute Gasteiger partial charge is 0.394 e. The van der Waals surface area contributed by atoms with Crippen LogP contribution < -0.4 is 27.0 Å². The van der Waals surface area contributed by atoms with Gasteiger partial charge in [-0.3, -0.25) is 4.79 Å². The van der Waals surface area contributed by atoms with Crippen LogP contribution in [-0.4, -0.2) is 52.9 Å². The molecule has 7 N–H and O–H groups in total. The van der Waals surface area contributed by atoms with Gasteiger partial charge in [-0.2, -0.15) is 4.98 Å². The van der Waals surface area contributed by atoms with Crippen molar-refractivity contribution in [2.75, 3.05) is 47.5 Å². The maximum absolute atomic E-state index is 14.9. The maximum Gasteiger partial charge on any atom is 0.270 e. The number of aliphatic hydroxyl groups excluding tert-OH is 1. The van der Waals surface area contributed by atoms with Crippen molar-refractivity contribution >= 4 is 40.5 Å².